The largest absolute Gasteiger partial charge is 0.467 e. The van der Waals surface area contributed by atoms with E-state index >= 15 is 0 Å². The van der Waals surface area contributed by atoms with E-state index in [1.807, 2.05) is 0 Å². The minimum Gasteiger partial charge on any atom is -0.467 e. The summed E-state index contributed by atoms with van der Waals surface area (Å²) < 4.78 is 4.81. The minimum atomic E-state index is -0.891. The summed E-state index contributed by atoms with van der Waals surface area (Å²) in [4.78, 5) is 28.1. The van der Waals surface area contributed by atoms with Gasteiger partial charge < -0.3 is 15.8 Å². The first-order valence-electron chi connectivity index (χ1n) is 6.17. The third-order valence-electron chi connectivity index (χ3n) is 3.35. The van der Waals surface area contributed by atoms with Crippen LogP contribution in [0.5, 0.6) is 0 Å². The van der Waals surface area contributed by atoms with Gasteiger partial charge in [0.25, 0.3) is 5.91 Å². The molecule has 112 valence electrons. The maximum absolute atomic E-state index is 12.1. The van der Waals surface area contributed by atoms with Crippen LogP contribution in [0.2, 0.25) is 0 Å². The summed E-state index contributed by atoms with van der Waals surface area (Å²) in [5.41, 5.74) is 4.88. The molecular formula is C12H18ClN3O3S. The fraction of sp³-hybridized carbons (Fsp3) is 0.583. The summed E-state index contributed by atoms with van der Waals surface area (Å²) in [6.07, 6.45) is 3.03. The Morgan fingerprint density at radius 2 is 2.15 bits per heavy atom. The number of halogens is 1. The number of methoxy groups -OCH3 is 1. The highest BCUT2D eigenvalue weighted by molar-refractivity contribution is 7.09. The van der Waals surface area contributed by atoms with Crippen molar-refractivity contribution in [2.45, 2.75) is 37.8 Å². The van der Waals surface area contributed by atoms with Gasteiger partial charge in [-0.3, -0.25) is 4.79 Å². The van der Waals surface area contributed by atoms with Gasteiger partial charge in [0, 0.05) is 11.9 Å². The third kappa shape index (κ3) is 3.28. The van der Waals surface area contributed by atoms with Crippen molar-refractivity contribution in [3.63, 3.8) is 0 Å². The molecule has 1 saturated carbocycles. The predicted molar refractivity (Wildman–Crippen MR) is 77.9 cm³/mol. The molecule has 0 aromatic carbocycles. The van der Waals surface area contributed by atoms with Gasteiger partial charge in [0.15, 0.2) is 0 Å². The van der Waals surface area contributed by atoms with Crippen molar-refractivity contribution < 1.29 is 14.3 Å². The summed E-state index contributed by atoms with van der Waals surface area (Å²) in [6.45, 7) is 0.306. The molecule has 3 N–H and O–H groups in total. The summed E-state index contributed by atoms with van der Waals surface area (Å²) in [6, 6.07) is 0. The van der Waals surface area contributed by atoms with Crippen molar-refractivity contribution in [3.8, 4) is 0 Å². The topological polar surface area (TPSA) is 94.3 Å². The summed E-state index contributed by atoms with van der Waals surface area (Å²) >= 11 is 1.34. The van der Waals surface area contributed by atoms with Crippen molar-refractivity contribution in [2.24, 2.45) is 5.73 Å². The molecule has 6 nitrogen and oxygen atoms in total. The number of thiazole rings is 1. The zero-order valence-electron chi connectivity index (χ0n) is 11.2. The van der Waals surface area contributed by atoms with Gasteiger partial charge in [0.05, 0.1) is 7.11 Å². The lowest BCUT2D eigenvalue weighted by atomic mass is 9.97. The molecule has 0 unspecified atom stereocenters. The van der Waals surface area contributed by atoms with Gasteiger partial charge >= 0.3 is 5.97 Å². The molecule has 0 aliphatic heterocycles. The van der Waals surface area contributed by atoms with Gasteiger partial charge in [0.2, 0.25) is 0 Å². The Morgan fingerprint density at radius 3 is 2.65 bits per heavy atom. The molecular weight excluding hydrogens is 302 g/mol. The number of nitrogens with two attached hydrogens (primary N) is 1. The summed E-state index contributed by atoms with van der Waals surface area (Å²) in [5, 5.41) is 5.13. The molecule has 1 aliphatic rings. The van der Waals surface area contributed by atoms with Crippen LogP contribution < -0.4 is 11.1 Å². The highest BCUT2D eigenvalue weighted by Crippen LogP contribution is 2.31. The molecule has 0 spiro atoms. The number of rotatable bonds is 4. The van der Waals surface area contributed by atoms with E-state index in [2.05, 4.69) is 10.3 Å². The maximum atomic E-state index is 12.1. The molecule has 8 heteroatoms. The highest BCUT2D eigenvalue weighted by atomic mass is 35.5. The van der Waals surface area contributed by atoms with Gasteiger partial charge in [-0.1, -0.05) is 12.8 Å². The van der Waals surface area contributed by atoms with E-state index in [1.54, 1.807) is 5.38 Å². The first-order valence-corrected chi connectivity index (χ1v) is 7.04. The van der Waals surface area contributed by atoms with Gasteiger partial charge in [-0.15, -0.1) is 23.7 Å². The molecule has 0 radical (unpaired) electrons. The normalized spacial score (nSPS) is 16.3. The van der Waals surface area contributed by atoms with Crippen LogP contribution in [-0.4, -0.2) is 29.5 Å². The zero-order chi connectivity index (χ0) is 13.9. The van der Waals surface area contributed by atoms with Gasteiger partial charge in [-0.25, -0.2) is 9.78 Å². The van der Waals surface area contributed by atoms with Crippen LogP contribution in [0.1, 0.15) is 41.2 Å². The smallest absolute Gasteiger partial charge is 0.331 e. The molecule has 1 aromatic rings. The fourth-order valence-electron chi connectivity index (χ4n) is 2.34. The van der Waals surface area contributed by atoms with Crippen LogP contribution in [0.15, 0.2) is 5.38 Å². The van der Waals surface area contributed by atoms with Gasteiger partial charge in [-0.2, -0.15) is 0 Å². The van der Waals surface area contributed by atoms with Crippen molar-refractivity contribution in [1.29, 1.82) is 0 Å². The van der Waals surface area contributed by atoms with E-state index in [4.69, 9.17) is 10.5 Å². The molecule has 1 fully saturated rings. The lowest BCUT2D eigenvalue weighted by molar-refractivity contribution is -0.148. The number of carbonyl (C=O) groups is 2. The van der Waals surface area contributed by atoms with Crippen molar-refractivity contribution in [1.82, 2.24) is 10.3 Å². The van der Waals surface area contributed by atoms with Gasteiger partial charge in [-0.05, 0) is 12.8 Å². The Labute approximate surface area is 127 Å². The lowest BCUT2D eigenvalue weighted by Crippen LogP contribution is -2.53. The molecule has 0 saturated heterocycles. The summed E-state index contributed by atoms with van der Waals surface area (Å²) in [7, 11) is 1.34. The maximum Gasteiger partial charge on any atom is 0.331 e. The van der Waals surface area contributed by atoms with Crippen LogP contribution in [0.3, 0.4) is 0 Å². The van der Waals surface area contributed by atoms with E-state index in [0.29, 0.717) is 30.1 Å². The van der Waals surface area contributed by atoms with Gasteiger partial charge in [0.1, 0.15) is 16.2 Å². The molecule has 20 heavy (non-hydrogen) atoms. The van der Waals surface area contributed by atoms with Crippen LogP contribution >= 0.6 is 23.7 Å². The van der Waals surface area contributed by atoms with Crippen LogP contribution in [-0.2, 0) is 16.1 Å². The second kappa shape index (κ2) is 7.01. The first-order chi connectivity index (χ1) is 9.11. The molecule has 1 aliphatic carbocycles. The number of carbonyl (C=O) groups excluding carboxylic acids is 2. The van der Waals surface area contributed by atoms with E-state index in [0.717, 1.165) is 12.8 Å². The second-order valence-corrected chi connectivity index (χ2v) is 5.51. The number of hydrogen-bond donors (Lipinski definition) is 2. The van der Waals surface area contributed by atoms with Crippen molar-refractivity contribution >= 4 is 35.6 Å². The number of hydrogen-bond acceptors (Lipinski definition) is 6. The number of nitrogens with zero attached hydrogens (tertiary/aromatic N) is 1. The fourth-order valence-corrected chi connectivity index (χ4v) is 3.00. The lowest BCUT2D eigenvalue weighted by Gasteiger charge is -2.26. The Balaban J connectivity index is 0.00000200. The van der Waals surface area contributed by atoms with Crippen molar-refractivity contribution in [2.75, 3.05) is 7.11 Å². The Morgan fingerprint density at radius 1 is 1.50 bits per heavy atom. The number of aromatic nitrogens is 1. The summed E-state index contributed by atoms with van der Waals surface area (Å²) in [5.74, 6) is -0.726. The van der Waals surface area contributed by atoms with E-state index in [1.165, 1.54) is 18.4 Å². The van der Waals surface area contributed by atoms with Crippen molar-refractivity contribution in [3.05, 3.63) is 16.1 Å². The molecule has 2 rings (SSSR count). The monoisotopic (exact) mass is 319 g/mol. The molecule has 0 bridgehead atoms. The number of nitrogens with one attached hydrogen (secondary N) is 1. The van der Waals surface area contributed by atoms with E-state index in [9.17, 15) is 9.59 Å². The Hall–Kier alpha value is -1.18. The second-order valence-electron chi connectivity index (χ2n) is 4.57. The zero-order valence-corrected chi connectivity index (χ0v) is 12.8. The molecule has 1 aromatic heterocycles. The Bertz CT molecular complexity index is 486. The standard InChI is InChI=1S/C12H17N3O3S.ClH/c1-18-11(17)12(4-2-3-5-12)15-10(16)8-7-19-9(6-13)14-8;/h7H,2-6,13H2,1H3,(H,15,16);1H. The van der Waals surface area contributed by atoms with E-state index in [-0.39, 0.29) is 24.3 Å². The Kier molecular flexibility index (Phi) is 5.91. The number of ether oxygens (including phenoxy) is 1. The average Bonchev–Trinajstić information content (AvgIpc) is 3.06. The number of esters is 1. The number of amides is 1. The molecule has 0 atom stereocenters. The van der Waals surface area contributed by atoms with E-state index < -0.39 is 5.54 Å². The molecule has 1 amide bonds. The SMILES string of the molecule is COC(=O)C1(NC(=O)c2csc(CN)n2)CCCC1.Cl. The third-order valence-corrected chi connectivity index (χ3v) is 4.22. The van der Waals surface area contributed by atoms with Crippen LogP contribution in [0.4, 0.5) is 0 Å². The predicted octanol–water partition coefficient (Wildman–Crippen LogP) is 1.24. The highest BCUT2D eigenvalue weighted by Gasteiger charge is 2.43. The minimum absolute atomic E-state index is 0. The molecule has 1 heterocycles. The first kappa shape index (κ1) is 16.9. The average molecular weight is 320 g/mol. The van der Waals surface area contributed by atoms with Crippen LogP contribution in [0.25, 0.3) is 0 Å². The van der Waals surface area contributed by atoms with Crippen LogP contribution in [0, 0.1) is 0 Å². The quantitative estimate of drug-likeness (QED) is 0.814.